The van der Waals surface area contributed by atoms with Crippen LogP contribution in [0.25, 0.3) is 0 Å². The first-order valence-electron chi connectivity index (χ1n) is 5.42. The highest BCUT2D eigenvalue weighted by atomic mass is 19.1. The van der Waals surface area contributed by atoms with E-state index in [1.165, 1.54) is 12.1 Å². The lowest BCUT2D eigenvalue weighted by atomic mass is 10.0. The molecule has 1 unspecified atom stereocenters. The molecule has 1 heterocycles. The van der Waals surface area contributed by atoms with E-state index in [9.17, 15) is 14.0 Å². The van der Waals surface area contributed by atoms with Crippen molar-refractivity contribution in [2.75, 3.05) is 5.32 Å². The van der Waals surface area contributed by atoms with Crippen molar-refractivity contribution in [1.82, 2.24) is 5.32 Å². The first kappa shape index (κ1) is 11.6. The summed E-state index contributed by atoms with van der Waals surface area (Å²) >= 11 is 0. The molecule has 1 aliphatic heterocycles. The number of benzene rings is 1. The zero-order valence-corrected chi connectivity index (χ0v) is 9.42. The molecule has 1 aromatic rings. The Morgan fingerprint density at radius 2 is 2.18 bits per heavy atom. The van der Waals surface area contributed by atoms with Crippen LogP contribution >= 0.6 is 0 Å². The zero-order chi connectivity index (χ0) is 12.4. The van der Waals surface area contributed by atoms with Crippen LogP contribution in [0.15, 0.2) is 18.2 Å². The number of carbonyl (C=O) groups is 2. The molecule has 2 amide bonds. The van der Waals surface area contributed by atoms with Crippen molar-refractivity contribution >= 4 is 17.5 Å². The molecule has 1 saturated heterocycles. The van der Waals surface area contributed by atoms with E-state index in [1.54, 1.807) is 13.0 Å². The SMILES string of the molecule is Cc1cc(F)ccc1NC1CCC(=O)NC1=O. The van der Waals surface area contributed by atoms with Crippen molar-refractivity contribution in [3.63, 3.8) is 0 Å². The number of hydrogen-bond acceptors (Lipinski definition) is 3. The molecular weight excluding hydrogens is 223 g/mol. The van der Waals surface area contributed by atoms with Crippen molar-refractivity contribution in [1.29, 1.82) is 0 Å². The molecule has 90 valence electrons. The van der Waals surface area contributed by atoms with Crippen LogP contribution in [0.1, 0.15) is 18.4 Å². The zero-order valence-electron chi connectivity index (χ0n) is 9.42. The van der Waals surface area contributed by atoms with Gasteiger partial charge in [0.1, 0.15) is 11.9 Å². The molecule has 17 heavy (non-hydrogen) atoms. The third-order valence-corrected chi connectivity index (χ3v) is 2.76. The molecule has 0 saturated carbocycles. The first-order valence-corrected chi connectivity index (χ1v) is 5.42. The maximum absolute atomic E-state index is 12.9. The summed E-state index contributed by atoms with van der Waals surface area (Å²) in [5, 5.41) is 5.28. The lowest BCUT2D eigenvalue weighted by Gasteiger charge is -2.23. The van der Waals surface area contributed by atoms with Crippen LogP contribution in [0, 0.1) is 12.7 Å². The Labute approximate surface area is 98.2 Å². The fourth-order valence-corrected chi connectivity index (χ4v) is 1.81. The average Bonchev–Trinajstić information content (AvgIpc) is 2.25. The lowest BCUT2D eigenvalue weighted by molar-refractivity contribution is -0.133. The van der Waals surface area contributed by atoms with Gasteiger partial charge >= 0.3 is 0 Å². The van der Waals surface area contributed by atoms with Gasteiger partial charge in [0.2, 0.25) is 11.8 Å². The van der Waals surface area contributed by atoms with Gasteiger partial charge in [0.15, 0.2) is 0 Å². The van der Waals surface area contributed by atoms with E-state index in [-0.39, 0.29) is 17.6 Å². The van der Waals surface area contributed by atoms with Crippen LogP contribution in [-0.4, -0.2) is 17.9 Å². The number of hydrogen-bond donors (Lipinski definition) is 2. The first-order chi connectivity index (χ1) is 8.06. The highest BCUT2D eigenvalue weighted by Gasteiger charge is 2.26. The number of nitrogens with one attached hydrogen (secondary N) is 2. The molecule has 4 nitrogen and oxygen atoms in total. The lowest BCUT2D eigenvalue weighted by Crippen LogP contribution is -2.47. The number of piperidine rings is 1. The summed E-state index contributed by atoms with van der Waals surface area (Å²) in [6.45, 7) is 1.76. The van der Waals surface area contributed by atoms with Crippen molar-refractivity contribution < 1.29 is 14.0 Å². The predicted octanol–water partition coefficient (Wildman–Crippen LogP) is 1.35. The summed E-state index contributed by atoms with van der Waals surface area (Å²) in [5.74, 6) is -0.884. The largest absolute Gasteiger partial charge is 0.373 e. The third kappa shape index (κ3) is 2.61. The molecule has 1 aromatic carbocycles. The van der Waals surface area contributed by atoms with Crippen LogP contribution in [0.4, 0.5) is 10.1 Å². The van der Waals surface area contributed by atoms with Crippen LogP contribution in [0.2, 0.25) is 0 Å². The van der Waals surface area contributed by atoms with Gasteiger partial charge in [-0.3, -0.25) is 14.9 Å². The van der Waals surface area contributed by atoms with E-state index < -0.39 is 6.04 Å². The van der Waals surface area contributed by atoms with Crippen molar-refractivity contribution in [3.8, 4) is 0 Å². The second kappa shape index (κ2) is 4.53. The molecule has 5 heteroatoms. The number of imide groups is 1. The van der Waals surface area contributed by atoms with Crippen molar-refractivity contribution in [2.24, 2.45) is 0 Å². The number of anilines is 1. The molecular formula is C12H13FN2O2. The summed E-state index contributed by atoms with van der Waals surface area (Å²) in [7, 11) is 0. The van der Waals surface area contributed by atoms with Gasteiger partial charge in [0.05, 0.1) is 0 Å². The maximum atomic E-state index is 12.9. The fraction of sp³-hybridized carbons (Fsp3) is 0.333. The van der Waals surface area contributed by atoms with Crippen molar-refractivity contribution in [3.05, 3.63) is 29.6 Å². The molecule has 1 atom stereocenters. The summed E-state index contributed by atoms with van der Waals surface area (Å²) in [5.41, 5.74) is 1.44. The van der Waals surface area contributed by atoms with Gasteiger partial charge in [0.25, 0.3) is 0 Å². The summed E-state index contributed by atoms with van der Waals surface area (Å²) in [6.07, 6.45) is 0.783. The van der Waals surface area contributed by atoms with Gasteiger partial charge < -0.3 is 5.32 Å². The monoisotopic (exact) mass is 236 g/mol. The molecule has 0 radical (unpaired) electrons. The molecule has 0 aromatic heterocycles. The molecule has 1 fully saturated rings. The summed E-state index contributed by atoms with van der Waals surface area (Å²) in [6, 6.07) is 3.89. The van der Waals surface area contributed by atoms with Gasteiger partial charge in [-0.25, -0.2) is 4.39 Å². The summed E-state index contributed by atoms with van der Waals surface area (Å²) < 4.78 is 12.9. The Morgan fingerprint density at radius 1 is 1.41 bits per heavy atom. The van der Waals surface area contributed by atoms with Crippen LogP contribution in [0.3, 0.4) is 0 Å². The quantitative estimate of drug-likeness (QED) is 0.762. The standard InChI is InChI=1S/C12H13FN2O2/c1-7-6-8(13)2-3-9(7)14-10-4-5-11(16)15-12(10)17/h2-3,6,10,14H,4-5H2,1H3,(H,15,16,17). The average molecular weight is 236 g/mol. The third-order valence-electron chi connectivity index (χ3n) is 2.76. The van der Waals surface area contributed by atoms with E-state index >= 15 is 0 Å². The topological polar surface area (TPSA) is 58.2 Å². The van der Waals surface area contributed by atoms with E-state index in [0.717, 1.165) is 5.56 Å². The van der Waals surface area contributed by atoms with E-state index in [0.29, 0.717) is 18.5 Å². The Balaban J connectivity index is 2.10. The Hall–Kier alpha value is -1.91. The minimum Gasteiger partial charge on any atom is -0.373 e. The highest BCUT2D eigenvalue weighted by molar-refractivity contribution is 6.01. The maximum Gasteiger partial charge on any atom is 0.249 e. The van der Waals surface area contributed by atoms with Gasteiger partial charge in [0, 0.05) is 12.1 Å². The molecule has 2 N–H and O–H groups in total. The molecule has 1 aliphatic rings. The predicted molar refractivity (Wildman–Crippen MR) is 60.9 cm³/mol. The molecule has 0 aliphatic carbocycles. The van der Waals surface area contributed by atoms with Crippen molar-refractivity contribution in [2.45, 2.75) is 25.8 Å². The second-order valence-electron chi connectivity index (χ2n) is 4.11. The normalized spacial score (nSPS) is 20.0. The number of amides is 2. The smallest absolute Gasteiger partial charge is 0.249 e. The van der Waals surface area contributed by atoms with Crippen LogP contribution < -0.4 is 10.6 Å². The van der Waals surface area contributed by atoms with E-state index in [2.05, 4.69) is 10.6 Å². The minimum absolute atomic E-state index is 0.246. The van der Waals surface area contributed by atoms with Gasteiger partial charge in [-0.05, 0) is 37.1 Å². The van der Waals surface area contributed by atoms with Crippen LogP contribution in [-0.2, 0) is 9.59 Å². The molecule has 0 bridgehead atoms. The number of rotatable bonds is 2. The molecule has 2 rings (SSSR count). The minimum atomic E-state index is -0.433. The Bertz CT molecular complexity index is 474. The van der Waals surface area contributed by atoms with Gasteiger partial charge in [-0.2, -0.15) is 0 Å². The fourth-order valence-electron chi connectivity index (χ4n) is 1.81. The number of carbonyl (C=O) groups excluding carboxylic acids is 2. The van der Waals surface area contributed by atoms with Crippen LogP contribution in [0.5, 0.6) is 0 Å². The van der Waals surface area contributed by atoms with Gasteiger partial charge in [-0.15, -0.1) is 0 Å². The Kier molecular flexibility index (Phi) is 3.08. The van der Waals surface area contributed by atoms with Gasteiger partial charge in [-0.1, -0.05) is 0 Å². The number of halogens is 1. The number of aryl methyl sites for hydroxylation is 1. The summed E-state index contributed by atoms with van der Waals surface area (Å²) in [4.78, 5) is 22.5. The van der Waals surface area contributed by atoms with E-state index in [4.69, 9.17) is 0 Å². The molecule has 0 spiro atoms. The highest BCUT2D eigenvalue weighted by Crippen LogP contribution is 2.19. The second-order valence-corrected chi connectivity index (χ2v) is 4.11. The Morgan fingerprint density at radius 3 is 2.82 bits per heavy atom. The van der Waals surface area contributed by atoms with E-state index in [1.807, 2.05) is 0 Å².